The maximum absolute atomic E-state index is 3.95. The molecule has 0 fully saturated rings. The molecule has 2 N–H and O–H groups in total. The first kappa shape index (κ1) is 43.5. The summed E-state index contributed by atoms with van der Waals surface area (Å²) in [6.07, 6.45) is 7.22. The Morgan fingerprint density at radius 2 is 1.00 bits per heavy atom. The number of hydrogen-bond donors (Lipinski definition) is 2. The summed E-state index contributed by atoms with van der Waals surface area (Å²) in [5, 5.41) is 10.3. The van der Waals surface area contributed by atoms with E-state index in [1.54, 1.807) is 0 Å². The zero-order valence-corrected chi connectivity index (χ0v) is 41.1. The molecule has 14 rings (SSSR count). The van der Waals surface area contributed by atoms with Gasteiger partial charge in [0, 0.05) is 45.4 Å². The molecule has 1 heterocycles. The third-order valence-electron chi connectivity index (χ3n) is 16.0. The van der Waals surface area contributed by atoms with E-state index in [0.29, 0.717) is 5.92 Å². The highest BCUT2D eigenvalue weighted by atomic mass is 14.9. The standard InChI is InChI=1S/C72H52N2/c1-47-31-32-55-44-64(47)60-26-10-11-27-61(60)66-43-51-17-8-9-18-52(51)45-71(66)74-70-40-37-53(42-65(55)70)49-35-33-48(34-36-49)50-19-16-20-54(41-50)59-25-13-15-30-69(59)73-58-38-39-63-62-28-12-14-29-67(62)72(68(63)46-58,56-21-4-2-5-22-56)57-23-6-3-7-24-57/h2-47,64,73-74H,1H3/t47?,64-/m0/s1. The van der Waals surface area contributed by atoms with Crippen LogP contribution in [0.2, 0.25) is 0 Å². The van der Waals surface area contributed by atoms with Crippen LogP contribution in [0.5, 0.6) is 0 Å². The number of fused-ring (bicyclic) bond motifs is 11. The Morgan fingerprint density at radius 3 is 1.77 bits per heavy atom. The SMILES string of the molecule is CC1C=CC2=C[C@@H]1c1ccccc1-c1cc3ccccc3cc1Nc1ccc(-c3ccc(-c4cccc(-c5ccccc5Nc5ccc6c(c5)C(c5ccccc5)(c5ccccc5)c5ccccc5-6)c4)cc3)cc12. The normalized spacial score (nSPS) is 15.6. The van der Waals surface area contributed by atoms with Gasteiger partial charge in [0.15, 0.2) is 0 Å². The van der Waals surface area contributed by atoms with Crippen molar-refractivity contribution in [2.45, 2.75) is 18.3 Å². The molecule has 11 aromatic carbocycles. The minimum Gasteiger partial charge on any atom is -0.355 e. The van der Waals surface area contributed by atoms with Crippen LogP contribution in [0.3, 0.4) is 0 Å². The second-order valence-corrected chi connectivity index (χ2v) is 20.2. The zero-order valence-electron chi connectivity index (χ0n) is 41.1. The quantitative estimate of drug-likeness (QED) is 0.166. The molecule has 2 bridgehead atoms. The Balaban J connectivity index is 0.788. The third-order valence-corrected chi connectivity index (χ3v) is 16.0. The number of benzene rings is 11. The lowest BCUT2D eigenvalue weighted by atomic mass is 9.67. The minimum absolute atomic E-state index is 0.246. The number of allylic oxidation sites excluding steroid dienone is 4. The van der Waals surface area contributed by atoms with E-state index in [1.165, 1.54) is 94.2 Å². The molecule has 0 spiro atoms. The van der Waals surface area contributed by atoms with Gasteiger partial charge in [-0.05, 0) is 143 Å². The maximum atomic E-state index is 3.95. The van der Waals surface area contributed by atoms with Crippen molar-refractivity contribution in [1.82, 2.24) is 0 Å². The largest absolute Gasteiger partial charge is 0.355 e. The summed E-state index contributed by atoms with van der Waals surface area (Å²) in [6, 6.07) is 93.9. The number of anilines is 4. The summed E-state index contributed by atoms with van der Waals surface area (Å²) in [4.78, 5) is 0. The highest BCUT2D eigenvalue weighted by molar-refractivity contribution is 5.99. The van der Waals surface area contributed by atoms with Crippen LogP contribution >= 0.6 is 0 Å². The average Bonchev–Trinajstić information content (AvgIpc) is 3.77. The van der Waals surface area contributed by atoms with Crippen LogP contribution in [-0.4, -0.2) is 0 Å². The van der Waals surface area contributed by atoms with Gasteiger partial charge in [-0.1, -0.05) is 231 Å². The number of nitrogens with one attached hydrogen (secondary N) is 2. The first-order chi connectivity index (χ1) is 36.6. The van der Waals surface area contributed by atoms with Crippen molar-refractivity contribution in [3.63, 3.8) is 0 Å². The smallest absolute Gasteiger partial charge is 0.0714 e. The van der Waals surface area contributed by atoms with E-state index in [4.69, 9.17) is 0 Å². The second kappa shape index (κ2) is 17.8. The lowest BCUT2D eigenvalue weighted by molar-refractivity contribution is 0.638. The molecule has 2 aliphatic carbocycles. The Bertz CT molecular complexity index is 3990. The van der Waals surface area contributed by atoms with E-state index < -0.39 is 5.41 Å². The maximum Gasteiger partial charge on any atom is 0.0714 e. The van der Waals surface area contributed by atoms with Crippen molar-refractivity contribution in [2.24, 2.45) is 5.92 Å². The van der Waals surface area contributed by atoms with Crippen LogP contribution in [0.15, 0.2) is 273 Å². The molecule has 0 saturated heterocycles. The lowest BCUT2D eigenvalue weighted by Crippen LogP contribution is -2.28. The Morgan fingerprint density at radius 1 is 0.392 bits per heavy atom. The van der Waals surface area contributed by atoms with E-state index in [9.17, 15) is 0 Å². The molecule has 11 aromatic rings. The van der Waals surface area contributed by atoms with Crippen LogP contribution in [0.4, 0.5) is 22.7 Å². The summed E-state index contributed by atoms with van der Waals surface area (Å²) in [5.41, 5.74) is 24.9. The van der Waals surface area contributed by atoms with E-state index in [1.807, 2.05) is 0 Å². The van der Waals surface area contributed by atoms with Crippen LogP contribution in [0.1, 0.15) is 46.2 Å². The Hall–Kier alpha value is -9.24. The van der Waals surface area contributed by atoms with Gasteiger partial charge in [-0.2, -0.15) is 0 Å². The fraction of sp³-hybridized carbons (Fsp3) is 0.0556. The molecular formula is C72H52N2. The van der Waals surface area contributed by atoms with Crippen molar-refractivity contribution in [3.8, 4) is 55.6 Å². The monoisotopic (exact) mass is 944 g/mol. The Labute approximate surface area is 433 Å². The summed E-state index contributed by atoms with van der Waals surface area (Å²) in [7, 11) is 0. The number of hydrogen-bond acceptors (Lipinski definition) is 2. The van der Waals surface area contributed by atoms with Gasteiger partial charge in [0.1, 0.15) is 0 Å². The molecule has 74 heavy (non-hydrogen) atoms. The first-order valence-electron chi connectivity index (χ1n) is 25.9. The van der Waals surface area contributed by atoms with Gasteiger partial charge >= 0.3 is 0 Å². The summed E-state index contributed by atoms with van der Waals surface area (Å²) in [6.45, 7) is 2.34. The molecule has 1 unspecified atom stereocenters. The summed E-state index contributed by atoms with van der Waals surface area (Å²) in [5.74, 6) is 0.610. The van der Waals surface area contributed by atoms with Gasteiger partial charge in [0.2, 0.25) is 0 Å². The van der Waals surface area contributed by atoms with Gasteiger partial charge in [-0.15, -0.1) is 0 Å². The first-order valence-corrected chi connectivity index (χ1v) is 25.9. The number of rotatable bonds is 7. The molecule has 0 saturated carbocycles. The van der Waals surface area contributed by atoms with Crippen molar-refractivity contribution >= 4 is 39.1 Å². The van der Waals surface area contributed by atoms with E-state index in [0.717, 1.165) is 33.9 Å². The van der Waals surface area contributed by atoms with Crippen LogP contribution in [-0.2, 0) is 5.41 Å². The molecule has 3 aliphatic rings. The third kappa shape index (κ3) is 7.25. The molecule has 350 valence electrons. The molecule has 2 atom stereocenters. The lowest BCUT2D eigenvalue weighted by Gasteiger charge is -2.34. The molecule has 0 radical (unpaired) electrons. The summed E-state index contributed by atoms with van der Waals surface area (Å²) >= 11 is 0. The van der Waals surface area contributed by atoms with Crippen molar-refractivity contribution in [2.75, 3.05) is 10.6 Å². The van der Waals surface area contributed by atoms with Crippen molar-refractivity contribution in [1.29, 1.82) is 0 Å². The van der Waals surface area contributed by atoms with Crippen molar-refractivity contribution in [3.05, 3.63) is 306 Å². The molecule has 0 amide bonds. The fourth-order valence-electron chi connectivity index (χ4n) is 12.4. The van der Waals surface area contributed by atoms with Crippen LogP contribution in [0.25, 0.3) is 72.0 Å². The van der Waals surface area contributed by atoms with Gasteiger partial charge in [0.05, 0.1) is 5.41 Å². The predicted octanol–water partition coefficient (Wildman–Crippen LogP) is 19.0. The van der Waals surface area contributed by atoms with Crippen LogP contribution < -0.4 is 10.6 Å². The fourth-order valence-corrected chi connectivity index (χ4v) is 12.4. The van der Waals surface area contributed by atoms with Gasteiger partial charge in [0.25, 0.3) is 0 Å². The molecule has 0 aromatic heterocycles. The van der Waals surface area contributed by atoms with E-state index >= 15 is 0 Å². The molecule has 1 aliphatic heterocycles. The average molecular weight is 945 g/mol. The van der Waals surface area contributed by atoms with Gasteiger partial charge in [-0.25, -0.2) is 0 Å². The van der Waals surface area contributed by atoms with E-state index in [2.05, 4.69) is 291 Å². The Kier molecular flexibility index (Phi) is 10.5. The van der Waals surface area contributed by atoms with Gasteiger partial charge in [-0.3, -0.25) is 0 Å². The van der Waals surface area contributed by atoms with Crippen molar-refractivity contribution < 1.29 is 0 Å². The molecule has 2 heteroatoms. The highest BCUT2D eigenvalue weighted by Crippen LogP contribution is 2.57. The highest BCUT2D eigenvalue weighted by Gasteiger charge is 2.46. The van der Waals surface area contributed by atoms with Gasteiger partial charge < -0.3 is 10.6 Å². The summed E-state index contributed by atoms with van der Waals surface area (Å²) < 4.78 is 0. The van der Waals surface area contributed by atoms with E-state index in [-0.39, 0.29) is 5.92 Å². The zero-order chi connectivity index (χ0) is 49.2. The molecular weight excluding hydrogens is 893 g/mol. The number of para-hydroxylation sites is 1. The second-order valence-electron chi connectivity index (χ2n) is 20.2. The minimum atomic E-state index is -0.465. The van der Waals surface area contributed by atoms with Crippen LogP contribution in [0, 0.1) is 5.92 Å². The molecule has 2 nitrogen and oxygen atoms in total. The topological polar surface area (TPSA) is 24.1 Å². The predicted molar refractivity (Wildman–Crippen MR) is 311 cm³/mol.